The Morgan fingerprint density at radius 3 is 2.67 bits per heavy atom. The highest BCUT2D eigenvalue weighted by molar-refractivity contribution is 5.46. The second kappa shape index (κ2) is 10.4. The summed E-state index contributed by atoms with van der Waals surface area (Å²) in [5.41, 5.74) is 0.976. The van der Waals surface area contributed by atoms with Gasteiger partial charge < -0.3 is 29.4 Å². The van der Waals surface area contributed by atoms with Gasteiger partial charge in [-0.1, -0.05) is 12.1 Å². The van der Waals surface area contributed by atoms with Crippen LogP contribution in [-0.2, 0) is 16.0 Å². The van der Waals surface area contributed by atoms with Crippen LogP contribution in [0.4, 0.5) is 0 Å². The van der Waals surface area contributed by atoms with Gasteiger partial charge in [0.05, 0.1) is 26.9 Å². The molecule has 0 radical (unpaired) electrons. The molecule has 1 aromatic carbocycles. The molecule has 0 aromatic heterocycles. The number of ether oxygens (including phenoxy) is 4. The number of para-hydroxylation sites is 1. The lowest BCUT2D eigenvalue weighted by molar-refractivity contribution is -0.00464. The molecule has 0 aliphatic carbocycles. The highest BCUT2D eigenvalue weighted by Crippen LogP contribution is 2.31. The Bertz CT molecular complexity index is 400. The van der Waals surface area contributed by atoms with Gasteiger partial charge in [-0.3, -0.25) is 0 Å². The molecule has 1 aromatic rings. The molecule has 0 heterocycles. The molecule has 0 spiro atoms. The van der Waals surface area contributed by atoms with Gasteiger partial charge in [0.1, 0.15) is 12.7 Å². The normalized spacial score (nSPS) is 12.2. The molecule has 0 amide bonds. The van der Waals surface area contributed by atoms with E-state index in [4.69, 9.17) is 18.9 Å². The number of hydrogen-bond donors (Lipinski definition) is 2. The summed E-state index contributed by atoms with van der Waals surface area (Å²) in [6, 6.07) is 5.69. The summed E-state index contributed by atoms with van der Waals surface area (Å²) in [4.78, 5) is 0. The summed E-state index contributed by atoms with van der Waals surface area (Å²) in [6.45, 7) is 1.97. The number of methoxy groups -OCH3 is 2. The molecular formula is C15H25NO5. The summed E-state index contributed by atoms with van der Waals surface area (Å²) < 4.78 is 21.1. The molecule has 2 N–H and O–H groups in total. The zero-order valence-corrected chi connectivity index (χ0v) is 12.9. The van der Waals surface area contributed by atoms with E-state index in [9.17, 15) is 5.11 Å². The summed E-state index contributed by atoms with van der Waals surface area (Å²) in [5, 5.41) is 12.9. The molecule has 0 aliphatic rings. The van der Waals surface area contributed by atoms with Crippen molar-refractivity contribution in [2.45, 2.75) is 12.6 Å². The third-order valence-electron chi connectivity index (χ3n) is 2.81. The summed E-state index contributed by atoms with van der Waals surface area (Å²) in [5.74, 6) is 1.29. The van der Waals surface area contributed by atoms with Crippen LogP contribution in [0.5, 0.6) is 11.5 Å². The first-order valence-corrected chi connectivity index (χ1v) is 6.91. The Labute approximate surface area is 126 Å². The number of benzene rings is 1. The number of rotatable bonds is 11. The van der Waals surface area contributed by atoms with E-state index in [0.717, 1.165) is 5.56 Å². The average Bonchev–Trinajstić information content (AvgIpc) is 2.50. The van der Waals surface area contributed by atoms with Crippen molar-refractivity contribution in [2.24, 2.45) is 0 Å². The molecule has 6 nitrogen and oxygen atoms in total. The maximum absolute atomic E-state index is 9.85. The van der Waals surface area contributed by atoms with E-state index < -0.39 is 6.10 Å². The summed E-state index contributed by atoms with van der Waals surface area (Å²) in [7, 11) is 5.06. The van der Waals surface area contributed by atoms with E-state index in [0.29, 0.717) is 31.3 Å². The number of nitrogens with one attached hydrogen (secondary N) is 1. The van der Waals surface area contributed by atoms with Crippen molar-refractivity contribution >= 4 is 0 Å². The van der Waals surface area contributed by atoms with Crippen molar-refractivity contribution < 1.29 is 24.1 Å². The second-order valence-corrected chi connectivity index (χ2v) is 4.51. The first kappa shape index (κ1) is 17.7. The Morgan fingerprint density at radius 2 is 2.00 bits per heavy atom. The van der Waals surface area contributed by atoms with E-state index in [1.54, 1.807) is 14.2 Å². The average molecular weight is 299 g/mol. The lowest BCUT2D eigenvalue weighted by Crippen LogP contribution is -2.25. The van der Waals surface area contributed by atoms with Gasteiger partial charge in [-0.25, -0.2) is 0 Å². The molecule has 0 fully saturated rings. The highest BCUT2D eigenvalue weighted by atomic mass is 16.5. The minimum Gasteiger partial charge on any atom is -0.493 e. The van der Waals surface area contributed by atoms with Crippen LogP contribution in [0.25, 0.3) is 0 Å². The zero-order valence-electron chi connectivity index (χ0n) is 12.9. The van der Waals surface area contributed by atoms with E-state index >= 15 is 0 Å². The second-order valence-electron chi connectivity index (χ2n) is 4.51. The van der Waals surface area contributed by atoms with Crippen LogP contribution in [0.2, 0.25) is 0 Å². The maximum atomic E-state index is 9.85. The van der Waals surface area contributed by atoms with E-state index in [1.165, 1.54) is 0 Å². The van der Waals surface area contributed by atoms with Crippen LogP contribution in [-0.4, -0.2) is 58.9 Å². The van der Waals surface area contributed by atoms with Crippen molar-refractivity contribution in [3.8, 4) is 11.5 Å². The van der Waals surface area contributed by atoms with E-state index in [2.05, 4.69) is 5.32 Å². The third-order valence-corrected chi connectivity index (χ3v) is 2.81. The smallest absolute Gasteiger partial charge is 0.165 e. The summed E-state index contributed by atoms with van der Waals surface area (Å²) in [6.07, 6.45) is -0.700. The van der Waals surface area contributed by atoms with Gasteiger partial charge in [0.25, 0.3) is 0 Å². The molecule has 0 aliphatic heterocycles. The number of aliphatic hydroxyl groups is 1. The van der Waals surface area contributed by atoms with Gasteiger partial charge in [0, 0.05) is 19.2 Å². The Morgan fingerprint density at radius 1 is 1.19 bits per heavy atom. The largest absolute Gasteiger partial charge is 0.493 e. The van der Waals surface area contributed by atoms with Gasteiger partial charge in [-0.2, -0.15) is 0 Å². The molecule has 0 saturated carbocycles. The predicted octanol–water partition coefficient (Wildman–Crippen LogP) is 0.817. The molecule has 0 bridgehead atoms. The van der Waals surface area contributed by atoms with Gasteiger partial charge in [-0.15, -0.1) is 0 Å². The van der Waals surface area contributed by atoms with Crippen molar-refractivity contribution in [3.63, 3.8) is 0 Å². The van der Waals surface area contributed by atoms with Crippen LogP contribution < -0.4 is 14.8 Å². The van der Waals surface area contributed by atoms with E-state index in [1.807, 2.05) is 25.2 Å². The molecule has 1 unspecified atom stereocenters. The Balaban J connectivity index is 2.52. The van der Waals surface area contributed by atoms with Crippen molar-refractivity contribution in [1.29, 1.82) is 0 Å². The van der Waals surface area contributed by atoms with Crippen molar-refractivity contribution in [1.82, 2.24) is 5.32 Å². The lowest BCUT2D eigenvalue weighted by atomic mass is 10.2. The van der Waals surface area contributed by atoms with Crippen molar-refractivity contribution in [2.75, 3.05) is 47.7 Å². The highest BCUT2D eigenvalue weighted by Gasteiger charge is 2.12. The van der Waals surface area contributed by atoms with Crippen LogP contribution in [0.1, 0.15) is 5.56 Å². The standard InChI is InChI=1S/C15H25NO5/c1-16-9-12-5-4-6-14(19-3)15(12)21-11-13(17)10-20-8-7-18-2/h4-6,13,16-17H,7-11H2,1-3H3. The Kier molecular flexibility index (Phi) is 8.77. The fourth-order valence-corrected chi connectivity index (χ4v) is 1.80. The SMILES string of the molecule is CNCc1cccc(OC)c1OCC(O)COCCOC. The summed E-state index contributed by atoms with van der Waals surface area (Å²) >= 11 is 0. The first-order chi connectivity index (χ1) is 10.2. The predicted molar refractivity (Wildman–Crippen MR) is 80.0 cm³/mol. The first-order valence-electron chi connectivity index (χ1n) is 6.91. The molecule has 0 saturated heterocycles. The monoisotopic (exact) mass is 299 g/mol. The fraction of sp³-hybridized carbons (Fsp3) is 0.600. The van der Waals surface area contributed by atoms with Crippen LogP contribution in [0, 0.1) is 0 Å². The van der Waals surface area contributed by atoms with Crippen LogP contribution in [0.15, 0.2) is 18.2 Å². The van der Waals surface area contributed by atoms with Gasteiger partial charge in [0.2, 0.25) is 0 Å². The molecule has 6 heteroatoms. The minimum absolute atomic E-state index is 0.143. The molecular weight excluding hydrogens is 274 g/mol. The number of aliphatic hydroxyl groups excluding tert-OH is 1. The maximum Gasteiger partial charge on any atom is 0.165 e. The van der Waals surface area contributed by atoms with Gasteiger partial charge in [-0.05, 0) is 13.1 Å². The molecule has 120 valence electrons. The quantitative estimate of drug-likeness (QED) is 0.590. The fourth-order valence-electron chi connectivity index (χ4n) is 1.80. The molecule has 1 atom stereocenters. The van der Waals surface area contributed by atoms with Crippen molar-refractivity contribution in [3.05, 3.63) is 23.8 Å². The topological polar surface area (TPSA) is 69.2 Å². The van der Waals surface area contributed by atoms with Crippen LogP contribution in [0.3, 0.4) is 0 Å². The minimum atomic E-state index is -0.700. The van der Waals surface area contributed by atoms with Gasteiger partial charge in [0.15, 0.2) is 11.5 Å². The zero-order chi connectivity index (χ0) is 15.5. The third kappa shape index (κ3) is 6.31. The van der Waals surface area contributed by atoms with Crippen LogP contribution >= 0.6 is 0 Å². The number of hydrogen-bond acceptors (Lipinski definition) is 6. The molecule has 21 heavy (non-hydrogen) atoms. The molecule has 1 rings (SSSR count). The lowest BCUT2D eigenvalue weighted by Gasteiger charge is -2.17. The van der Waals surface area contributed by atoms with Gasteiger partial charge >= 0.3 is 0 Å². The Hall–Kier alpha value is -1.34. The van der Waals surface area contributed by atoms with E-state index in [-0.39, 0.29) is 13.2 Å².